The molecule has 0 bridgehead atoms. The minimum absolute atomic E-state index is 0.0294. The molecular formula is C10H11N2O. The van der Waals surface area contributed by atoms with Crippen LogP contribution in [0.3, 0.4) is 0 Å². The van der Waals surface area contributed by atoms with Gasteiger partial charge in [0, 0.05) is 6.54 Å². The Bertz CT molecular complexity index is 316. The number of nitrogens with zero attached hydrogens (tertiary/aromatic N) is 1. The van der Waals surface area contributed by atoms with Gasteiger partial charge in [-0.2, -0.15) is 0 Å². The number of aromatic nitrogens is 1. The summed E-state index contributed by atoms with van der Waals surface area (Å²) in [6.07, 6.45) is 4.49. The lowest BCUT2D eigenvalue weighted by molar-refractivity contribution is 0.353. The van der Waals surface area contributed by atoms with Crippen molar-refractivity contribution in [3.63, 3.8) is 0 Å². The quantitative estimate of drug-likeness (QED) is 0.704. The second kappa shape index (κ2) is 3.58. The van der Waals surface area contributed by atoms with E-state index in [0.717, 1.165) is 25.2 Å². The molecule has 0 saturated heterocycles. The first-order valence-corrected chi connectivity index (χ1v) is 4.39. The molecule has 13 heavy (non-hydrogen) atoms. The van der Waals surface area contributed by atoms with Gasteiger partial charge >= 0.3 is 0 Å². The number of rotatable bonds is 1. The molecule has 0 fully saturated rings. The van der Waals surface area contributed by atoms with E-state index in [1.54, 1.807) is 12.1 Å². The number of hydrogen-bond acceptors (Lipinski definition) is 2. The molecule has 1 aliphatic heterocycles. The molecule has 0 atom stereocenters. The second-order valence-electron chi connectivity index (χ2n) is 3.06. The van der Waals surface area contributed by atoms with Crippen LogP contribution in [0.15, 0.2) is 24.4 Å². The molecule has 1 N–H and O–H groups in total. The molecular weight excluding hydrogens is 164 g/mol. The van der Waals surface area contributed by atoms with Crippen LogP contribution in [0, 0.1) is 0 Å². The van der Waals surface area contributed by atoms with Gasteiger partial charge in [0.15, 0.2) is 5.75 Å². The lowest BCUT2D eigenvalue weighted by atomic mass is 10.1. The number of pyridine rings is 1. The zero-order valence-electron chi connectivity index (χ0n) is 7.29. The molecule has 2 rings (SSSR count). The van der Waals surface area contributed by atoms with Crippen molar-refractivity contribution in [2.45, 2.75) is 6.42 Å². The highest BCUT2D eigenvalue weighted by Gasteiger charge is 2.06. The maximum Gasteiger partial charge on any atom is 0.196 e. The van der Waals surface area contributed by atoms with E-state index in [2.05, 4.69) is 16.4 Å². The van der Waals surface area contributed by atoms with E-state index >= 15 is 0 Å². The largest absolute Gasteiger partial charge is 0.313 e. The van der Waals surface area contributed by atoms with E-state index in [9.17, 15) is 5.11 Å². The Labute approximate surface area is 77.1 Å². The lowest BCUT2D eigenvalue weighted by Crippen LogP contribution is -2.20. The van der Waals surface area contributed by atoms with Crippen molar-refractivity contribution in [3.8, 4) is 5.75 Å². The molecule has 67 valence electrons. The first-order chi connectivity index (χ1) is 6.36. The first kappa shape index (κ1) is 8.26. The van der Waals surface area contributed by atoms with Gasteiger partial charge in [0.25, 0.3) is 0 Å². The van der Waals surface area contributed by atoms with Crippen molar-refractivity contribution in [2.24, 2.45) is 0 Å². The van der Waals surface area contributed by atoms with Crippen molar-refractivity contribution in [3.05, 3.63) is 30.1 Å². The van der Waals surface area contributed by atoms with Gasteiger partial charge in [-0.25, -0.2) is 0 Å². The Morgan fingerprint density at radius 1 is 1.38 bits per heavy atom. The molecule has 1 aromatic heterocycles. The van der Waals surface area contributed by atoms with E-state index in [1.165, 1.54) is 11.8 Å². The van der Waals surface area contributed by atoms with E-state index in [4.69, 9.17) is 0 Å². The summed E-state index contributed by atoms with van der Waals surface area (Å²) in [7, 11) is 0. The number of nitrogens with one attached hydrogen (secondary N) is 1. The van der Waals surface area contributed by atoms with Crippen LogP contribution in [0.5, 0.6) is 5.75 Å². The van der Waals surface area contributed by atoms with Gasteiger partial charge in [-0.1, -0.05) is 6.08 Å². The maximum atomic E-state index is 10.8. The molecule has 1 aliphatic rings. The highest BCUT2D eigenvalue weighted by molar-refractivity contribution is 5.63. The Morgan fingerprint density at radius 2 is 2.31 bits per heavy atom. The van der Waals surface area contributed by atoms with Gasteiger partial charge < -0.3 is 5.32 Å². The van der Waals surface area contributed by atoms with E-state index in [1.807, 2.05) is 0 Å². The Kier molecular flexibility index (Phi) is 2.27. The van der Waals surface area contributed by atoms with Crippen LogP contribution < -0.4 is 5.32 Å². The van der Waals surface area contributed by atoms with Crippen molar-refractivity contribution in [1.29, 1.82) is 0 Å². The summed E-state index contributed by atoms with van der Waals surface area (Å²) in [4.78, 5) is 4.09. The molecule has 0 spiro atoms. The van der Waals surface area contributed by atoms with Gasteiger partial charge in [0.1, 0.15) is 0 Å². The third-order valence-corrected chi connectivity index (χ3v) is 2.13. The molecule has 2 heterocycles. The summed E-state index contributed by atoms with van der Waals surface area (Å²) in [6, 6.07) is 3.35. The van der Waals surface area contributed by atoms with Crippen molar-refractivity contribution >= 4 is 5.57 Å². The van der Waals surface area contributed by atoms with Crippen molar-refractivity contribution in [2.75, 3.05) is 13.1 Å². The van der Waals surface area contributed by atoms with Crippen LogP contribution in [0.1, 0.15) is 12.1 Å². The molecule has 1 aromatic rings. The van der Waals surface area contributed by atoms with Crippen LogP contribution >= 0.6 is 0 Å². The van der Waals surface area contributed by atoms with E-state index in [0.29, 0.717) is 0 Å². The zero-order valence-corrected chi connectivity index (χ0v) is 7.29. The van der Waals surface area contributed by atoms with Gasteiger partial charge in [-0.3, -0.25) is 10.1 Å². The molecule has 3 heteroatoms. The standard InChI is InChI=1S/C10H11N2O/c13-9-1-2-10(12-7-9)8-3-5-11-6-4-8/h1-3,7,11H,4-6H2. The SMILES string of the molecule is [O]c1ccc(C2=CCNCC2)nc1. The Morgan fingerprint density at radius 3 is 2.92 bits per heavy atom. The highest BCUT2D eigenvalue weighted by Crippen LogP contribution is 2.18. The molecule has 3 nitrogen and oxygen atoms in total. The molecule has 1 radical (unpaired) electrons. The topological polar surface area (TPSA) is 44.8 Å². The average Bonchev–Trinajstić information content (AvgIpc) is 2.20. The fourth-order valence-electron chi connectivity index (χ4n) is 1.43. The summed E-state index contributed by atoms with van der Waals surface area (Å²) in [6.45, 7) is 1.89. The van der Waals surface area contributed by atoms with E-state index in [-0.39, 0.29) is 5.75 Å². The number of hydrogen-bond donors (Lipinski definition) is 1. The monoisotopic (exact) mass is 175 g/mol. The van der Waals surface area contributed by atoms with Crippen molar-refractivity contribution < 1.29 is 5.11 Å². The molecule has 0 aliphatic carbocycles. The minimum Gasteiger partial charge on any atom is -0.313 e. The predicted molar refractivity (Wildman–Crippen MR) is 49.8 cm³/mol. The third-order valence-electron chi connectivity index (χ3n) is 2.13. The van der Waals surface area contributed by atoms with Crippen LogP contribution in [-0.4, -0.2) is 18.1 Å². The molecule has 0 saturated carbocycles. The maximum absolute atomic E-state index is 10.8. The Balaban J connectivity index is 2.24. The minimum atomic E-state index is -0.0294. The zero-order chi connectivity index (χ0) is 9.10. The summed E-state index contributed by atoms with van der Waals surface area (Å²) in [5.41, 5.74) is 2.17. The molecule has 0 aromatic carbocycles. The molecule has 0 unspecified atom stereocenters. The normalized spacial score (nSPS) is 16.8. The predicted octanol–water partition coefficient (Wildman–Crippen LogP) is 1.60. The Hall–Kier alpha value is -1.35. The van der Waals surface area contributed by atoms with Crippen LogP contribution in [-0.2, 0) is 5.11 Å². The summed E-state index contributed by atoms with van der Waals surface area (Å²) < 4.78 is 0. The fraction of sp³-hybridized carbons (Fsp3) is 0.300. The average molecular weight is 175 g/mol. The van der Waals surface area contributed by atoms with Gasteiger partial charge in [-0.15, -0.1) is 0 Å². The molecule has 0 amide bonds. The van der Waals surface area contributed by atoms with Gasteiger partial charge in [0.2, 0.25) is 0 Å². The smallest absolute Gasteiger partial charge is 0.196 e. The highest BCUT2D eigenvalue weighted by atomic mass is 16.3. The summed E-state index contributed by atoms with van der Waals surface area (Å²) >= 11 is 0. The summed E-state index contributed by atoms with van der Waals surface area (Å²) in [5, 5.41) is 14.0. The van der Waals surface area contributed by atoms with Crippen LogP contribution in [0.4, 0.5) is 0 Å². The van der Waals surface area contributed by atoms with Gasteiger partial charge in [0.05, 0.1) is 11.9 Å². The lowest BCUT2D eigenvalue weighted by Gasteiger charge is -2.12. The second-order valence-corrected chi connectivity index (χ2v) is 3.06. The fourth-order valence-corrected chi connectivity index (χ4v) is 1.43. The van der Waals surface area contributed by atoms with Crippen LogP contribution in [0.25, 0.3) is 5.57 Å². The third kappa shape index (κ3) is 1.87. The summed E-state index contributed by atoms with van der Waals surface area (Å²) in [5.74, 6) is -0.0294. The van der Waals surface area contributed by atoms with Crippen molar-refractivity contribution in [1.82, 2.24) is 10.3 Å². The van der Waals surface area contributed by atoms with E-state index < -0.39 is 0 Å². The first-order valence-electron chi connectivity index (χ1n) is 4.39. The van der Waals surface area contributed by atoms with Gasteiger partial charge in [-0.05, 0) is 30.7 Å². The van der Waals surface area contributed by atoms with Crippen LogP contribution in [0.2, 0.25) is 0 Å².